The topological polar surface area (TPSA) is 33.2 Å². The minimum atomic E-state index is -0.0209. The highest BCUT2D eigenvalue weighted by atomic mass is 16.2. The number of nitrogens with zero attached hydrogens (tertiary/aromatic N) is 2. The third-order valence-corrected chi connectivity index (χ3v) is 3.34. The number of carbonyl (C=O) groups is 1. The molecule has 1 atom stereocenters. The maximum absolute atomic E-state index is 12.4. The lowest BCUT2D eigenvalue weighted by molar-refractivity contribution is 0.0983. The molecule has 90 valence electrons. The summed E-state index contributed by atoms with van der Waals surface area (Å²) in [4.78, 5) is 18.4. The molecule has 3 rings (SSSR count). The number of aromatic nitrogens is 1. The Hall–Kier alpha value is -2.16. The van der Waals surface area contributed by atoms with Crippen molar-refractivity contribution in [2.24, 2.45) is 0 Å². The predicted octanol–water partition coefficient (Wildman–Crippen LogP) is 2.85. The van der Waals surface area contributed by atoms with E-state index in [9.17, 15) is 4.79 Å². The smallest absolute Gasteiger partial charge is 0.276 e. The summed E-state index contributed by atoms with van der Waals surface area (Å²) in [7, 11) is 0. The highest BCUT2D eigenvalue weighted by Crippen LogP contribution is 2.36. The molecule has 3 nitrogen and oxygen atoms in total. The monoisotopic (exact) mass is 238 g/mol. The Morgan fingerprint density at radius 2 is 2.00 bits per heavy atom. The molecule has 1 aromatic heterocycles. The van der Waals surface area contributed by atoms with Crippen molar-refractivity contribution in [1.29, 1.82) is 0 Å². The van der Waals surface area contributed by atoms with Gasteiger partial charge < -0.3 is 4.90 Å². The number of para-hydroxylation sites is 1. The fourth-order valence-electron chi connectivity index (χ4n) is 2.44. The van der Waals surface area contributed by atoms with Gasteiger partial charge in [0.05, 0.1) is 0 Å². The zero-order valence-electron chi connectivity index (χ0n) is 10.2. The average Bonchev–Trinajstić information content (AvgIpc) is 2.77. The normalized spacial score (nSPS) is 17.6. The minimum absolute atomic E-state index is 0.0209. The Bertz CT molecular complexity index is 580. The second-order valence-corrected chi connectivity index (χ2v) is 4.59. The summed E-state index contributed by atoms with van der Waals surface area (Å²) in [5, 5.41) is 0. The second kappa shape index (κ2) is 4.26. The predicted molar refractivity (Wildman–Crippen MR) is 70.8 cm³/mol. The van der Waals surface area contributed by atoms with Crippen molar-refractivity contribution in [3.8, 4) is 0 Å². The number of amides is 1. The third-order valence-electron chi connectivity index (χ3n) is 3.34. The molecule has 3 heteroatoms. The van der Waals surface area contributed by atoms with Gasteiger partial charge in [0.15, 0.2) is 0 Å². The van der Waals surface area contributed by atoms with Crippen molar-refractivity contribution in [2.75, 3.05) is 11.4 Å². The van der Waals surface area contributed by atoms with Crippen molar-refractivity contribution < 1.29 is 4.79 Å². The lowest BCUT2D eigenvalue weighted by atomic mass is 10.0. The first-order valence-corrected chi connectivity index (χ1v) is 6.09. The molecule has 1 aromatic carbocycles. The van der Waals surface area contributed by atoms with Crippen molar-refractivity contribution in [3.05, 3.63) is 59.9 Å². The van der Waals surface area contributed by atoms with Gasteiger partial charge in [0.25, 0.3) is 5.91 Å². The summed E-state index contributed by atoms with van der Waals surface area (Å²) in [5.74, 6) is 0.362. The largest absolute Gasteiger partial charge is 0.306 e. The third kappa shape index (κ3) is 1.68. The van der Waals surface area contributed by atoms with E-state index in [0.29, 0.717) is 11.6 Å². The Morgan fingerprint density at radius 1 is 1.22 bits per heavy atom. The molecule has 0 saturated carbocycles. The molecule has 0 saturated heterocycles. The zero-order valence-corrected chi connectivity index (χ0v) is 10.2. The molecule has 0 bridgehead atoms. The van der Waals surface area contributed by atoms with Crippen LogP contribution in [0.15, 0.2) is 48.7 Å². The fraction of sp³-hybridized carbons (Fsp3) is 0.200. The summed E-state index contributed by atoms with van der Waals surface area (Å²) in [6.45, 7) is 2.87. The van der Waals surface area contributed by atoms with Gasteiger partial charge in [-0.15, -0.1) is 0 Å². The van der Waals surface area contributed by atoms with Gasteiger partial charge in [0.1, 0.15) is 5.69 Å². The van der Waals surface area contributed by atoms with Crippen LogP contribution in [0.3, 0.4) is 0 Å². The van der Waals surface area contributed by atoms with Crippen LogP contribution >= 0.6 is 0 Å². The first-order chi connectivity index (χ1) is 8.77. The van der Waals surface area contributed by atoms with Crippen LogP contribution in [0.25, 0.3) is 0 Å². The molecule has 2 aromatic rings. The summed E-state index contributed by atoms with van der Waals surface area (Å²) in [6.07, 6.45) is 1.65. The number of anilines is 1. The van der Waals surface area contributed by atoms with Gasteiger partial charge >= 0.3 is 0 Å². The Balaban J connectivity index is 1.98. The number of carbonyl (C=O) groups excluding carboxylic acids is 1. The molecule has 1 amide bonds. The molecule has 0 N–H and O–H groups in total. The van der Waals surface area contributed by atoms with Crippen molar-refractivity contribution in [3.63, 3.8) is 0 Å². The quantitative estimate of drug-likeness (QED) is 0.765. The van der Waals surface area contributed by atoms with Crippen LogP contribution in [0.2, 0.25) is 0 Å². The standard InChI is InChI=1S/C15H14N2O/c1-11-10-17(14-8-3-2-6-12(11)14)15(18)13-7-4-5-9-16-13/h2-9,11H,10H2,1H3/t11-/m0/s1. The molecule has 1 aliphatic rings. The van der Waals surface area contributed by atoms with Gasteiger partial charge in [-0.05, 0) is 23.8 Å². The summed E-state index contributed by atoms with van der Waals surface area (Å²) < 4.78 is 0. The Labute approximate surface area is 106 Å². The number of fused-ring (bicyclic) bond motifs is 1. The molecule has 0 fully saturated rings. The van der Waals surface area contributed by atoms with Crippen LogP contribution in [0, 0.1) is 0 Å². The average molecular weight is 238 g/mol. The molecule has 0 unspecified atom stereocenters. The van der Waals surface area contributed by atoms with E-state index in [4.69, 9.17) is 0 Å². The lowest BCUT2D eigenvalue weighted by Crippen LogP contribution is -2.30. The first kappa shape index (κ1) is 11.0. The number of hydrogen-bond donors (Lipinski definition) is 0. The van der Waals surface area contributed by atoms with Gasteiger partial charge in [-0.2, -0.15) is 0 Å². The van der Waals surface area contributed by atoms with Crippen molar-refractivity contribution in [1.82, 2.24) is 4.98 Å². The van der Waals surface area contributed by atoms with Gasteiger partial charge in [-0.3, -0.25) is 9.78 Å². The van der Waals surface area contributed by atoms with Crippen LogP contribution in [0.4, 0.5) is 5.69 Å². The van der Waals surface area contributed by atoms with E-state index in [1.807, 2.05) is 35.2 Å². The van der Waals surface area contributed by atoms with Crippen LogP contribution in [0.5, 0.6) is 0 Å². The number of pyridine rings is 1. The Morgan fingerprint density at radius 3 is 2.78 bits per heavy atom. The van der Waals surface area contributed by atoms with E-state index < -0.39 is 0 Å². The molecule has 0 spiro atoms. The number of rotatable bonds is 1. The molecule has 0 radical (unpaired) electrons. The fourth-order valence-corrected chi connectivity index (χ4v) is 2.44. The second-order valence-electron chi connectivity index (χ2n) is 4.59. The van der Waals surface area contributed by atoms with Crippen molar-refractivity contribution in [2.45, 2.75) is 12.8 Å². The number of hydrogen-bond acceptors (Lipinski definition) is 2. The highest BCUT2D eigenvalue weighted by molar-refractivity contribution is 6.06. The van der Waals surface area contributed by atoms with E-state index in [0.717, 1.165) is 12.2 Å². The number of benzene rings is 1. The SMILES string of the molecule is C[C@H]1CN(C(=O)c2ccccn2)c2ccccc21. The maximum atomic E-state index is 12.4. The summed E-state index contributed by atoms with van der Waals surface area (Å²) in [5.41, 5.74) is 2.75. The molecular weight excluding hydrogens is 224 g/mol. The van der Waals surface area contributed by atoms with Gasteiger partial charge in [0.2, 0.25) is 0 Å². The van der Waals surface area contributed by atoms with E-state index in [2.05, 4.69) is 18.0 Å². The van der Waals surface area contributed by atoms with Crippen molar-refractivity contribution >= 4 is 11.6 Å². The van der Waals surface area contributed by atoms with Crippen LogP contribution in [-0.2, 0) is 0 Å². The van der Waals surface area contributed by atoms with Crippen LogP contribution < -0.4 is 4.90 Å². The minimum Gasteiger partial charge on any atom is -0.306 e. The maximum Gasteiger partial charge on any atom is 0.276 e. The van der Waals surface area contributed by atoms with E-state index in [-0.39, 0.29) is 5.91 Å². The zero-order chi connectivity index (χ0) is 12.5. The summed E-state index contributed by atoms with van der Waals surface area (Å²) >= 11 is 0. The van der Waals surface area contributed by atoms with Crippen LogP contribution in [0.1, 0.15) is 28.9 Å². The Kier molecular flexibility index (Phi) is 2.59. The van der Waals surface area contributed by atoms with E-state index in [1.54, 1.807) is 12.3 Å². The first-order valence-electron chi connectivity index (χ1n) is 6.09. The van der Waals surface area contributed by atoms with Gasteiger partial charge in [-0.25, -0.2) is 0 Å². The summed E-state index contributed by atoms with van der Waals surface area (Å²) in [6, 6.07) is 13.5. The van der Waals surface area contributed by atoms with E-state index in [1.165, 1.54) is 5.56 Å². The highest BCUT2D eigenvalue weighted by Gasteiger charge is 2.30. The molecule has 0 aliphatic carbocycles. The molecule has 2 heterocycles. The van der Waals surface area contributed by atoms with E-state index >= 15 is 0 Å². The molecule has 18 heavy (non-hydrogen) atoms. The molecular formula is C15H14N2O. The lowest BCUT2D eigenvalue weighted by Gasteiger charge is -2.16. The van der Waals surface area contributed by atoms with Crippen LogP contribution in [-0.4, -0.2) is 17.4 Å². The molecule has 1 aliphatic heterocycles. The van der Waals surface area contributed by atoms with Gasteiger partial charge in [0, 0.05) is 24.3 Å². The van der Waals surface area contributed by atoms with Gasteiger partial charge in [-0.1, -0.05) is 31.2 Å².